The Hall–Kier alpha value is -2.27. The van der Waals surface area contributed by atoms with Crippen LogP contribution in [0, 0.1) is 0 Å². The molecular weight excluding hydrogens is 320 g/mol. The van der Waals surface area contributed by atoms with Crippen LogP contribution >= 0.6 is 11.8 Å². The summed E-state index contributed by atoms with van der Waals surface area (Å²) in [6.07, 6.45) is 0. The van der Waals surface area contributed by atoms with E-state index in [0.29, 0.717) is 22.1 Å². The van der Waals surface area contributed by atoms with Gasteiger partial charge in [-0.05, 0) is 30.3 Å². The van der Waals surface area contributed by atoms with E-state index in [0.717, 1.165) is 4.90 Å². The fraction of sp³-hybridized carbons (Fsp3) is 0.263. The Bertz CT molecular complexity index is 742. The van der Waals surface area contributed by atoms with Crippen LogP contribution < -0.4 is 5.32 Å². The highest BCUT2D eigenvalue weighted by Gasteiger charge is 2.14. The molecule has 0 saturated carbocycles. The molecule has 2 rings (SSSR count). The van der Waals surface area contributed by atoms with E-state index in [1.54, 1.807) is 50.1 Å². The maximum atomic E-state index is 12.6. The molecule has 2 amide bonds. The van der Waals surface area contributed by atoms with Crippen molar-refractivity contribution < 1.29 is 9.59 Å². The van der Waals surface area contributed by atoms with Crippen molar-refractivity contribution in [2.45, 2.75) is 24.0 Å². The van der Waals surface area contributed by atoms with E-state index in [1.165, 1.54) is 4.90 Å². The Kier molecular flexibility index (Phi) is 6.04. The normalized spacial score (nSPS) is 10.5. The lowest BCUT2D eigenvalue weighted by Gasteiger charge is -2.13. The minimum absolute atomic E-state index is 0.0955. The lowest BCUT2D eigenvalue weighted by atomic mass is 10.1. The number of hydrogen-bond donors (Lipinski definition) is 1. The lowest BCUT2D eigenvalue weighted by molar-refractivity contribution is 0.0827. The van der Waals surface area contributed by atoms with Gasteiger partial charge < -0.3 is 10.2 Å². The van der Waals surface area contributed by atoms with Gasteiger partial charge in [-0.15, -0.1) is 11.8 Å². The van der Waals surface area contributed by atoms with Gasteiger partial charge in [0.2, 0.25) is 0 Å². The van der Waals surface area contributed by atoms with Crippen LogP contribution in [-0.2, 0) is 0 Å². The summed E-state index contributed by atoms with van der Waals surface area (Å²) in [5, 5.41) is 3.27. The van der Waals surface area contributed by atoms with Crippen LogP contribution in [0.1, 0.15) is 34.6 Å². The third-order valence-corrected chi connectivity index (χ3v) is 4.35. The molecular formula is C19H22N2O2S. The van der Waals surface area contributed by atoms with Crippen molar-refractivity contribution in [1.29, 1.82) is 0 Å². The number of nitrogens with one attached hydrogen (secondary N) is 1. The first kappa shape index (κ1) is 18.1. The summed E-state index contributed by atoms with van der Waals surface area (Å²) in [4.78, 5) is 27.1. The quantitative estimate of drug-likeness (QED) is 0.831. The van der Waals surface area contributed by atoms with E-state index < -0.39 is 0 Å². The number of rotatable bonds is 5. The Morgan fingerprint density at radius 1 is 1.04 bits per heavy atom. The van der Waals surface area contributed by atoms with E-state index in [4.69, 9.17) is 0 Å². The Morgan fingerprint density at radius 2 is 1.75 bits per heavy atom. The highest BCUT2D eigenvalue weighted by molar-refractivity contribution is 8.00. The Labute approximate surface area is 147 Å². The van der Waals surface area contributed by atoms with Gasteiger partial charge >= 0.3 is 0 Å². The highest BCUT2D eigenvalue weighted by atomic mass is 32.2. The Morgan fingerprint density at radius 3 is 2.42 bits per heavy atom. The van der Waals surface area contributed by atoms with Crippen molar-refractivity contribution in [2.75, 3.05) is 19.4 Å². The molecule has 0 unspecified atom stereocenters. The van der Waals surface area contributed by atoms with Crippen LogP contribution in [0.15, 0.2) is 53.4 Å². The van der Waals surface area contributed by atoms with Crippen molar-refractivity contribution in [1.82, 2.24) is 4.90 Å². The SMILES string of the molecule is CC(C)Sc1ccccc1C(=O)Nc1cccc(C(=O)N(C)C)c1. The van der Waals surface area contributed by atoms with Gasteiger partial charge in [0, 0.05) is 35.5 Å². The molecule has 0 heterocycles. The zero-order chi connectivity index (χ0) is 17.7. The number of hydrogen-bond acceptors (Lipinski definition) is 3. The number of thioether (sulfide) groups is 1. The molecule has 4 nitrogen and oxygen atoms in total. The van der Waals surface area contributed by atoms with E-state index >= 15 is 0 Å². The van der Waals surface area contributed by atoms with Crippen LogP contribution in [0.5, 0.6) is 0 Å². The monoisotopic (exact) mass is 342 g/mol. The van der Waals surface area contributed by atoms with Crippen LogP contribution in [0.25, 0.3) is 0 Å². The summed E-state index contributed by atoms with van der Waals surface area (Å²) in [6, 6.07) is 14.5. The fourth-order valence-electron chi connectivity index (χ4n) is 2.20. The molecule has 0 bridgehead atoms. The second-order valence-electron chi connectivity index (χ2n) is 5.90. The maximum Gasteiger partial charge on any atom is 0.256 e. The molecule has 0 aliphatic rings. The van der Waals surface area contributed by atoms with Crippen molar-refractivity contribution in [3.05, 3.63) is 59.7 Å². The zero-order valence-electron chi connectivity index (χ0n) is 14.4. The number of anilines is 1. The molecule has 0 atom stereocenters. The largest absolute Gasteiger partial charge is 0.345 e. The van der Waals surface area contributed by atoms with Gasteiger partial charge in [-0.2, -0.15) is 0 Å². The van der Waals surface area contributed by atoms with E-state index in [-0.39, 0.29) is 11.8 Å². The molecule has 0 aliphatic carbocycles. The highest BCUT2D eigenvalue weighted by Crippen LogP contribution is 2.27. The minimum atomic E-state index is -0.173. The van der Waals surface area contributed by atoms with Crippen molar-refractivity contribution in [3.63, 3.8) is 0 Å². The standard InChI is InChI=1S/C19H22N2O2S/c1-13(2)24-17-11-6-5-10-16(17)18(22)20-15-9-7-8-14(12-15)19(23)21(3)4/h5-13H,1-4H3,(H,20,22). The summed E-state index contributed by atoms with van der Waals surface area (Å²) >= 11 is 1.65. The molecule has 0 saturated heterocycles. The van der Waals surface area contributed by atoms with Gasteiger partial charge in [-0.3, -0.25) is 9.59 Å². The summed E-state index contributed by atoms with van der Waals surface area (Å²) in [7, 11) is 3.40. The molecule has 126 valence electrons. The average molecular weight is 342 g/mol. The summed E-state index contributed by atoms with van der Waals surface area (Å²) in [6.45, 7) is 4.19. The number of amides is 2. The average Bonchev–Trinajstić information content (AvgIpc) is 2.54. The third kappa shape index (κ3) is 4.61. The third-order valence-electron chi connectivity index (χ3n) is 3.27. The maximum absolute atomic E-state index is 12.6. The zero-order valence-corrected chi connectivity index (χ0v) is 15.2. The molecule has 1 N–H and O–H groups in total. The van der Waals surface area contributed by atoms with Crippen molar-refractivity contribution in [3.8, 4) is 0 Å². The van der Waals surface area contributed by atoms with Crippen molar-refractivity contribution in [2.24, 2.45) is 0 Å². The lowest BCUT2D eigenvalue weighted by Crippen LogP contribution is -2.22. The van der Waals surface area contributed by atoms with E-state index in [2.05, 4.69) is 19.2 Å². The van der Waals surface area contributed by atoms with Gasteiger partial charge in [0.25, 0.3) is 11.8 Å². The molecule has 24 heavy (non-hydrogen) atoms. The predicted molar refractivity (Wildman–Crippen MR) is 99.8 cm³/mol. The first-order valence-electron chi connectivity index (χ1n) is 7.77. The van der Waals surface area contributed by atoms with Crippen LogP contribution in [0.3, 0.4) is 0 Å². The van der Waals surface area contributed by atoms with Gasteiger partial charge in [-0.25, -0.2) is 0 Å². The predicted octanol–water partition coefficient (Wildman–Crippen LogP) is 4.14. The minimum Gasteiger partial charge on any atom is -0.345 e. The number of nitrogens with zero attached hydrogens (tertiary/aromatic N) is 1. The van der Waals surface area contributed by atoms with Crippen LogP contribution in [0.4, 0.5) is 5.69 Å². The molecule has 0 fully saturated rings. The second kappa shape index (κ2) is 8.02. The molecule has 5 heteroatoms. The molecule has 0 radical (unpaired) electrons. The van der Waals surface area contributed by atoms with Crippen molar-refractivity contribution >= 4 is 29.3 Å². The smallest absolute Gasteiger partial charge is 0.256 e. The Balaban J connectivity index is 2.22. The van der Waals surface area contributed by atoms with Gasteiger partial charge in [0.1, 0.15) is 0 Å². The molecule has 2 aromatic rings. The van der Waals surface area contributed by atoms with Gasteiger partial charge in [0.05, 0.1) is 5.56 Å². The number of carbonyl (C=O) groups excluding carboxylic acids is 2. The second-order valence-corrected chi connectivity index (χ2v) is 7.52. The number of carbonyl (C=O) groups is 2. The van der Waals surface area contributed by atoms with Crippen LogP contribution in [0.2, 0.25) is 0 Å². The summed E-state index contributed by atoms with van der Waals surface area (Å²) in [5.74, 6) is -0.268. The number of benzene rings is 2. The fourth-order valence-corrected chi connectivity index (χ4v) is 3.15. The van der Waals surface area contributed by atoms with Gasteiger partial charge in [0.15, 0.2) is 0 Å². The van der Waals surface area contributed by atoms with E-state index in [9.17, 15) is 9.59 Å². The van der Waals surface area contributed by atoms with Crippen LogP contribution in [-0.4, -0.2) is 36.1 Å². The first-order chi connectivity index (χ1) is 11.4. The summed E-state index contributed by atoms with van der Waals surface area (Å²) in [5.41, 5.74) is 1.79. The molecule has 0 spiro atoms. The topological polar surface area (TPSA) is 49.4 Å². The summed E-state index contributed by atoms with van der Waals surface area (Å²) < 4.78 is 0. The van der Waals surface area contributed by atoms with E-state index in [1.807, 2.05) is 24.3 Å². The molecule has 0 aromatic heterocycles. The molecule has 0 aliphatic heterocycles. The molecule has 2 aromatic carbocycles. The van der Waals surface area contributed by atoms with Gasteiger partial charge in [-0.1, -0.05) is 32.0 Å². The first-order valence-corrected chi connectivity index (χ1v) is 8.65.